The van der Waals surface area contributed by atoms with Crippen LogP contribution in [-0.2, 0) is 6.54 Å². The Morgan fingerprint density at radius 1 is 1.10 bits per heavy atom. The number of aryl methyl sites for hydroxylation is 3. The highest BCUT2D eigenvalue weighted by Gasteiger charge is 2.12. The molecule has 0 unspecified atom stereocenters. The predicted octanol–water partition coefficient (Wildman–Crippen LogP) is 4.23. The van der Waals surface area contributed by atoms with Gasteiger partial charge in [-0.05, 0) is 43.2 Å². The first-order valence-corrected chi connectivity index (χ1v) is 7.10. The predicted molar refractivity (Wildman–Crippen MR) is 84.9 cm³/mol. The van der Waals surface area contributed by atoms with Crippen molar-refractivity contribution in [3.8, 4) is 17.5 Å². The highest BCUT2D eigenvalue weighted by molar-refractivity contribution is 5.80. The van der Waals surface area contributed by atoms with E-state index in [4.69, 9.17) is 10.2 Å². The average Bonchev–Trinajstić information content (AvgIpc) is 2.86. The van der Waals surface area contributed by atoms with Crippen molar-refractivity contribution in [3.05, 3.63) is 53.6 Å². The summed E-state index contributed by atoms with van der Waals surface area (Å²) in [7, 11) is 0. The van der Waals surface area contributed by atoms with Gasteiger partial charge in [-0.15, -0.1) is 0 Å². The molecule has 3 rings (SSSR count). The molecule has 1 aromatic heterocycles. The van der Waals surface area contributed by atoms with Gasteiger partial charge in [-0.25, -0.2) is 4.98 Å². The second-order valence-electron chi connectivity index (χ2n) is 5.28. The van der Waals surface area contributed by atoms with Crippen LogP contribution in [0, 0.1) is 25.2 Å². The summed E-state index contributed by atoms with van der Waals surface area (Å²) in [5, 5.41) is 8.90. The van der Waals surface area contributed by atoms with Gasteiger partial charge in [0.1, 0.15) is 5.82 Å². The number of aromatic nitrogens is 2. The van der Waals surface area contributed by atoms with E-state index >= 15 is 0 Å². The third-order valence-electron chi connectivity index (χ3n) is 3.87. The van der Waals surface area contributed by atoms with E-state index in [1.807, 2.05) is 18.2 Å². The summed E-state index contributed by atoms with van der Waals surface area (Å²) in [4.78, 5) is 4.76. The Bertz CT molecular complexity index is 837. The summed E-state index contributed by atoms with van der Waals surface area (Å²) in [5.41, 5.74) is 5.70. The molecule has 0 aliphatic rings. The molecule has 1 heterocycles. The van der Waals surface area contributed by atoms with Crippen LogP contribution in [0.2, 0.25) is 0 Å². The first-order valence-electron chi connectivity index (χ1n) is 7.10. The molecule has 2 aromatic carbocycles. The zero-order valence-corrected chi connectivity index (χ0v) is 12.3. The molecule has 0 bridgehead atoms. The molecule has 0 saturated heterocycles. The van der Waals surface area contributed by atoms with Gasteiger partial charge in [-0.2, -0.15) is 5.26 Å². The molecule has 0 aliphatic heterocycles. The Morgan fingerprint density at radius 3 is 2.67 bits per heavy atom. The van der Waals surface area contributed by atoms with Crippen LogP contribution in [0.25, 0.3) is 22.4 Å². The van der Waals surface area contributed by atoms with Gasteiger partial charge >= 0.3 is 0 Å². The summed E-state index contributed by atoms with van der Waals surface area (Å²) in [6, 6.07) is 16.7. The Balaban J connectivity index is 2.20. The molecule has 0 atom stereocenters. The number of fused-ring (bicyclic) bond motifs is 1. The third kappa shape index (κ3) is 2.41. The SMILES string of the molecule is Cc1ccc(-c2nc3ccccc3n2CCC#N)cc1C. The van der Waals surface area contributed by atoms with Gasteiger partial charge in [0.15, 0.2) is 0 Å². The molecule has 3 aromatic rings. The highest BCUT2D eigenvalue weighted by Crippen LogP contribution is 2.26. The van der Waals surface area contributed by atoms with E-state index in [0.717, 1.165) is 22.4 Å². The van der Waals surface area contributed by atoms with Crippen molar-refractivity contribution in [2.45, 2.75) is 26.8 Å². The minimum atomic E-state index is 0.484. The van der Waals surface area contributed by atoms with Gasteiger partial charge in [-0.1, -0.05) is 24.3 Å². The van der Waals surface area contributed by atoms with E-state index in [-0.39, 0.29) is 0 Å². The summed E-state index contributed by atoms with van der Waals surface area (Å²) in [6.07, 6.45) is 0.484. The van der Waals surface area contributed by atoms with Gasteiger partial charge in [0.05, 0.1) is 23.5 Å². The number of nitriles is 1. The lowest BCUT2D eigenvalue weighted by Crippen LogP contribution is -2.00. The monoisotopic (exact) mass is 275 g/mol. The van der Waals surface area contributed by atoms with Gasteiger partial charge in [0, 0.05) is 12.1 Å². The van der Waals surface area contributed by atoms with Crippen molar-refractivity contribution >= 4 is 11.0 Å². The maximum atomic E-state index is 8.90. The Hall–Kier alpha value is -2.60. The van der Waals surface area contributed by atoms with Crippen LogP contribution in [0.15, 0.2) is 42.5 Å². The van der Waals surface area contributed by atoms with Crippen LogP contribution in [0.3, 0.4) is 0 Å². The molecule has 0 N–H and O–H groups in total. The number of benzene rings is 2. The second kappa shape index (κ2) is 5.41. The Morgan fingerprint density at radius 2 is 1.90 bits per heavy atom. The van der Waals surface area contributed by atoms with E-state index in [9.17, 15) is 0 Å². The van der Waals surface area contributed by atoms with Crippen molar-refractivity contribution in [2.24, 2.45) is 0 Å². The lowest BCUT2D eigenvalue weighted by Gasteiger charge is -2.09. The number of hydrogen-bond donors (Lipinski definition) is 0. The Labute approximate surface area is 124 Å². The summed E-state index contributed by atoms with van der Waals surface area (Å²) in [6.45, 7) is 4.89. The zero-order valence-electron chi connectivity index (χ0n) is 12.3. The molecule has 3 nitrogen and oxygen atoms in total. The smallest absolute Gasteiger partial charge is 0.141 e. The van der Waals surface area contributed by atoms with E-state index in [0.29, 0.717) is 13.0 Å². The molecule has 0 saturated carbocycles. The number of imidazole rings is 1. The van der Waals surface area contributed by atoms with E-state index in [1.165, 1.54) is 11.1 Å². The largest absolute Gasteiger partial charge is 0.323 e. The maximum absolute atomic E-state index is 8.90. The third-order valence-corrected chi connectivity index (χ3v) is 3.87. The molecule has 104 valence electrons. The first kappa shape index (κ1) is 13.4. The fraction of sp³-hybridized carbons (Fsp3) is 0.222. The topological polar surface area (TPSA) is 41.6 Å². The summed E-state index contributed by atoms with van der Waals surface area (Å²) >= 11 is 0. The van der Waals surface area contributed by atoms with Gasteiger partial charge in [-0.3, -0.25) is 0 Å². The van der Waals surface area contributed by atoms with Crippen LogP contribution in [-0.4, -0.2) is 9.55 Å². The van der Waals surface area contributed by atoms with Crippen molar-refractivity contribution < 1.29 is 0 Å². The zero-order chi connectivity index (χ0) is 14.8. The lowest BCUT2D eigenvalue weighted by atomic mass is 10.1. The van der Waals surface area contributed by atoms with Crippen LogP contribution < -0.4 is 0 Å². The Kier molecular flexibility index (Phi) is 3.45. The van der Waals surface area contributed by atoms with Crippen LogP contribution in [0.5, 0.6) is 0 Å². The molecule has 3 heteroatoms. The average molecular weight is 275 g/mol. The lowest BCUT2D eigenvalue weighted by molar-refractivity contribution is 0.744. The number of hydrogen-bond acceptors (Lipinski definition) is 2. The normalized spacial score (nSPS) is 10.7. The highest BCUT2D eigenvalue weighted by atomic mass is 15.1. The molecule has 0 fully saturated rings. The fourth-order valence-corrected chi connectivity index (χ4v) is 2.56. The molecular weight excluding hydrogens is 258 g/mol. The van der Waals surface area contributed by atoms with E-state index in [2.05, 4.69) is 48.7 Å². The first-order chi connectivity index (χ1) is 10.2. The fourth-order valence-electron chi connectivity index (χ4n) is 2.56. The van der Waals surface area contributed by atoms with Crippen molar-refractivity contribution in [1.82, 2.24) is 9.55 Å². The number of rotatable bonds is 3. The number of para-hydroxylation sites is 2. The van der Waals surface area contributed by atoms with Gasteiger partial charge in [0.2, 0.25) is 0 Å². The quantitative estimate of drug-likeness (QED) is 0.717. The maximum Gasteiger partial charge on any atom is 0.141 e. The van der Waals surface area contributed by atoms with Crippen molar-refractivity contribution in [3.63, 3.8) is 0 Å². The molecule has 21 heavy (non-hydrogen) atoms. The minimum Gasteiger partial charge on any atom is -0.323 e. The van der Waals surface area contributed by atoms with Crippen LogP contribution >= 0.6 is 0 Å². The van der Waals surface area contributed by atoms with E-state index in [1.54, 1.807) is 0 Å². The van der Waals surface area contributed by atoms with Crippen LogP contribution in [0.4, 0.5) is 0 Å². The summed E-state index contributed by atoms with van der Waals surface area (Å²) in [5.74, 6) is 0.939. The van der Waals surface area contributed by atoms with Crippen molar-refractivity contribution in [2.75, 3.05) is 0 Å². The molecule has 0 aliphatic carbocycles. The standard InChI is InChI=1S/C18H17N3/c1-13-8-9-15(12-14(13)2)18-20-16-6-3-4-7-17(16)21(18)11-5-10-19/h3-4,6-9,12H,5,11H2,1-2H3. The van der Waals surface area contributed by atoms with Crippen molar-refractivity contribution in [1.29, 1.82) is 5.26 Å². The van der Waals surface area contributed by atoms with Crippen LogP contribution in [0.1, 0.15) is 17.5 Å². The van der Waals surface area contributed by atoms with E-state index < -0.39 is 0 Å². The molecule has 0 spiro atoms. The van der Waals surface area contributed by atoms with Gasteiger partial charge < -0.3 is 4.57 Å². The number of nitrogens with zero attached hydrogens (tertiary/aromatic N) is 3. The van der Waals surface area contributed by atoms with Gasteiger partial charge in [0.25, 0.3) is 0 Å². The summed E-state index contributed by atoms with van der Waals surface area (Å²) < 4.78 is 2.14. The molecule has 0 radical (unpaired) electrons. The molecule has 0 amide bonds. The second-order valence-corrected chi connectivity index (χ2v) is 5.28. The minimum absolute atomic E-state index is 0.484. The molecular formula is C18H17N3.